The number of fused-ring (bicyclic) bond motifs is 2. The zero-order valence-corrected chi connectivity index (χ0v) is 14.9. The molecule has 4 rings (SSSR count). The molecule has 2 N–H and O–H groups in total. The van der Waals surface area contributed by atoms with Gasteiger partial charge in [0.2, 0.25) is 0 Å². The lowest BCUT2D eigenvalue weighted by Gasteiger charge is -2.17. The molecule has 1 heterocycles. The van der Waals surface area contributed by atoms with E-state index in [1.54, 1.807) is 12.1 Å². The zero-order chi connectivity index (χ0) is 17.3. The van der Waals surface area contributed by atoms with E-state index in [9.17, 15) is 8.42 Å². The van der Waals surface area contributed by atoms with Gasteiger partial charge in [0.05, 0.1) is 4.90 Å². The van der Waals surface area contributed by atoms with Crippen molar-refractivity contribution in [3.8, 4) is 5.75 Å². The van der Waals surface area contributed by atoms with E-state index in [1.807, 2.05) is 24.3 Å². The maximum absolute atomic E-state index is 12.8. The minimum absolute atomic E-state index is 0.331. The summed E-state index contributed by atoms with van der Waals surface area (Å²) >= 11 is 0. The van der Waals surface area contributed by atoms with E-state index in [0.717, 1.165) is 42.7 Å². The molecule has 0 bridgehead atoms. The van der Waals surface area contributed by atoms with Gasteiger partial charge >= 0.3 is 0 Å². The Bertz CT molecular complexity index is 894. The molecule has 0 amide bonds. The number of rotatable bonds is 3. The van der Waals surface area contributed by atoms with Crippen LogP contribution in [0.15, 0.2) is 41.3 Å². The van der Waals surface area contributed by atoms with Crippen LogP contribution in [-0.4, -0.2) is 21.6 Å². The Morgan fingerprint density at radius 3 is 2.68 bits per heavy atom. The standard InChI is InChI=1S/C19H22N2O3S/c22-25(23,18-7-5-14-3-1-2-4-15(14)12-18)21-17-6-8-19-16(11-17)13-20-9-10-24-19/h5-8,11-12,20-21H,1-4,9-10,13H2. The van der Waals surface area contributed by atoms with Gasteiger partial charge in [0.15, 0.2) is 0 Å². The van der Waals surface area contributed by atoms with Crippen molar-refractivity contribution in [2.45, 2.75) is 37.1 Å². The van der Waals surface area contributed by atoms with Crippen LogP contribution in [0.5, 0.6) is 5.75 Å². The fraction of sp³-hybridized carbons (Fsp3) is 0.368. The van der Waals surface area contributed by atoms with Gasteiger partial charge in [-0.2, -0.15) is 0 Å². The number of anilines is 1. The van der Waals surface area contributed by atoms with Crippen molar-refractivity contribution in [2.75, 3.05) is 17.9 Å². The predicted octanol–water partition coefficient (Wildman–Crippen LogP) is 2.85. The van der Waals surface area contributed by atoms with E-state index in [2.05, 4.69) is 10.0 Å². The molecule has 0 fully saturated rings. The summed E-state index contributed by atoms with van der Waals surface area (Å²) in [4.78, 5) is 0.331. The average Bonchev–Trinajstić information content (AvgIpc) is 2.86. The summed E-state index contributed by atoms with van der Waals surface area (Å²) in [5, 5.41) is 3.26. The third-order valence-corrected chi connectivity index (χ3v) is 6.17. The molecule has 1 aliphatic heterocycles. The fourth-order valence-electron chi connectivity index (χ4n) is 3.47. The molecule has 2 aromatic rings. The molecule has 0 radical (unpaired) electrons. The van der Waals surface area contributed by atoms with E-state index in [0.29, 0.717) is 23.7 Å². The molecule has 0 aromatic heterocycles. The highest BCUT2D eigenvalue weighted by Crippen LogP contribution is 2.28. The van der Waals surface area contributed by atoms with Crippen LogP contribution in [0.3, 0.4) is 0 Å². The Balaban J connectivity index is 1.60. The summed E-state index contributed by atoms with van der Waals surface area (Å²) in [6.45, 7) is 2.07. The molecule has 132 valence electrons. The van der Waals surface area contributed by atoms with Crippen LogP contribution in [0.4, 0.5) is 5.69 Å². The quantitative estimate of drug-likeness (QED) is 0.885. The second kappa shape index (κ2) is 6.69. The zero-order valence-electron chi connectivity index (χ0n) is 14.0. The van der Waals surface area contributed by atoms with Gasteiger partial charge in [0, 0.05) is 24.3 Å². The SMILES string of the molecule is O=S(=O)(Nc1ccc2c(c1)CNCCO2)c1ccc2c(c1)CCCC2. The Morgan fingerprint density at radius 2 is 1.80 bits per heavy atom. The highest BCUT2D eigenvalue weighted by atomic mass is 32.2. The largest absolute Gasteiger partial charge is 0.492 e. The Kier molecular flexibility index (Phi) is 4.39. The first-order valence-electron chi connectivity index (χ1n) is 8.73. The second-order valence-corrected chi connectivity index (χ2v) is 8.27. The van der Waals surface area contributed by atoms with Crippen LogP contribution in [-0.2, 0) is 29.4 Å². The lowest BCUT2D eigenvalue weighted by atomic mass is 9.92. The van der Waals surface area contributed by atoms with Crippen molar-refractivity contribution in [2.24, 2.45) is 0 Å². The minimum atomic E-state index is -3.59. The molecule has 0 unspecified atom stereocenters. The van der Waals surface area contributed by atoms with Gasteiger partial charge in [-0.1, -0.05) is 6.07 Å². The normalized spacial score (nSPS) is 17.0. The van der Waals surface area contributed by atoms with E-state index < -0.39 is 10.0 Å². The molecule has 2 aromatic carbocycles. The maximum Gasteiger partial charge on any atom is 0.261 e. The van der Waals surface area contributed by atoms with Crippen LogP contribution < -0.4 is 14.8 Å². The Hall–Kier alpha value is -2.05. The molecule has 5 nitrogen and oxygen atoms in total. The number of aryl methyl sites for hydroxylation is 2. The van der Waals surface area contributed by atoms with Crippen LogP contribution in [0.25, 0.3) is 0 Å². The summed E-state index contributed by atoms with van der Waals surface area (Å²) in [7, 11) is -3.59. The topological polar surface area (TPSA) is 67.4 Å². The molecule has 0 atom stereocenters. The number of hydrogen-bond acceptors (Lipinski definition) is 4. The number of nitrogens with one attached hydrogen (secondary N) is 2. The first kappa shape index (κ1) is 16.4. The lowest BCUT2D eigenvalue weighted by Crippen LogP contribution is -2.16. The third-order valence-electron chi connectivity index (χ3n) is 4.79. The molecule has 0 saturated carbocycles. The lowest BCUT2D eigenvalue weighted by molar-refractivity contribution is 0.326. The molecular weight excluding hydrogens is 336 g/mol. The van der Waals surface area contributed by atoms with Gasteiger partial charge in [-0.25, -0.2) is 8.42 Å². The molecule has 0 saturated heterocycles. The molecule has 2 aliphatic rings. The van der Waals surface area contributed by atoms with E-state index in [4.69, 9.17) is 4.74 Å². The number of hydrogen-bond donors (Lipinski definition) is 2. The predicted molar refractivity (Wildman–Crippen MR) is 97.5 cm³/mol. The molecule has 0 spiro atoms. The third kappa shape index (κ3) is 3.50. The van der Waals surface area contributed by atoms with Crippen LogP contribution in [0.2, 0.25) is 0 Å². The van der Waals surface area contributed by atoms with Gasteiger partial charge in [0.25, 0.3) is 10.0 Å². The van der Waals surface area contributed by atoms with E-state index >= 15 is 0 Å². The van der Waals surface area contributed by atoms with Crippen LogP contribution in [0, 0.1) is 0 Å². The van der Waals surface area contributed by atoms with Crippen LogP contribution >= 0.6 is 0 Å². The highest BCUT2D eigenvalue weighted by molar-refractivity contribution is 7.92. The van der Waals surface area contributed by atoms with E-state index in [-0.39, 0.29) is 0 Å². The summed E-state index contributed by atoms with van der Waals surface area (Å²) < 4.78 is 33.9. The smallest absolute Gasteiger partial charge is 0.261 e. The maximum atomic E-state index is 12.8. The summed E-state index contributed by atoms with van der Waals surface area (Å²) in [6, 6.07) is 10.9. The first-order chi connectivity index (χ1) is 12.1. The average molecular weight is 358 g/mol. The first-order valence-corrected chi connectivity index (χ1v) is 10.2. The van der Waals surface area contributed by atoms with Gasteiger partial charge in [-0.05, 0) is 67.1 Å². The Morgan fingerprint density at radius 1 is 0.960 bits per heavy atom. The van der Waals surface area contributed by atoms with Crippen molar-refractivity contribution >= 4 is 15.7 Å². The summed E-state index contributed by atoms with van der Waals surface area (Å²) in [5.41, 5.74) is 3.96. The van der Waals surface area contributed by atoms with Gasteiger partial charge in [-0.3, -0.25) is 4.72 Å². The second-order valence-electron chi connectivity index (χ2n) is 6.59. The van der Waals surface area contributed by atoms with Gasteiger partial charge in [-0.15, -0.1) is 0 Å². The summed E-state index contributed by atoms with van der Waals surface area (Å²) in [5.74, 6) is 0.807. The molecular formula is C19H22N2O3S. The van der Waals surface area contributed by atoms with E-state index in [1.165, 1.54) is 12.0 Å². The van der Waals surface area contributed by atoms with Gasteiger partial charge in [0.1, 0.15) is 12.4 Å². The highest BCUT2D eigenvalue weighted by Gasteiger charge is 2.19. The minimum Gasteiger partial charge on any atom is -0.492 e. The number of ether oxygens (including phenoxy) is 1. The molecule has 1 aliphatic carbocycles. The van der Waals surface area contributed by atoms with Crippen molar-refractivity contribution < 1.29 is 13.2 Å². The van der Waals surface area contributed by atoms with Crippen molar-refractivity contribution in [3.63, 3.8) is 0 Å². The molecule has 6 heteroatoms. The molecule has 25 heavy (non-hydrogen) atoms. The number of sulfonamides is 1. The summed E-state index contributed by atoms with van der Waals surface area (Å²) in [6.07, 6.45) is 4.31. The van der Waals surface area contributed by atoms with Crippen molar-refractivity contribution in [1.29, 1.82) is 0 Å². The van der Waals surface area contributed by atoms with Crippen molar-refractivity contribution in [3.05, 3.63) is 53.1 Å². The Labute approximate surface area is 148 Å². The monoisotopic (exact) mass is 358 g/mol. The van der Waals surface area contributed by atoms with Gasteiger partial charge < -0.3 is 10.1 Å². The number of benzene rings is 2. The van der Waals surface area contributed by atoms with Crippen LogP contribution in [0.1, 0.15) is 29.5 Å². The van der Waals surface area contributed by atoms with Crippen molar-refractivity contribution in [1.82, 2.24) is 5.32 Å². The fourth-order valence-corrected chi connectivity index (χ4v) is 4.57.